The van der Waals surface area contributed by atoms with Gasteiger partial charge < -0.3 is 15.5 Å². The Labute approximate surface area is 125 Å². The van der Waals surface area contributed by atoms with Crippen LogP contribution in [-0.4, -0.2) is 30.8 Å². The molecule has 21 heavy (non-hydrogen) atoms. The summed E-state index contributed by atoms with van der Waals surface area (Å²) in [5.74, 6) is -0.238. The maximum Gasteiger partial charge on any atom is 0.208 e. The first-order valence-corrected chi connectivity index (χ1v) is 7.29. The number of carbonyl (C=O) groups is 1. The average molecular weight is 286 g/mol. The fourth-order valence-electron chi connectivity index (χ4n) is 2.28. The van der Waals surface area contributed by atoms with Crippen molar-refractivity contribution < 1.29 is 9.53 Å². The zero-order chi connectivity index (χ0) is 15.2. The van der Waals surface area contributed by atoms with Crippen molar-refractivity contribution in [2.45, 2.75) is 32.7 Å². The molecular weight excluding hydrogens is 264 g/mol. The molecule has 2 N–H and O–H groups in total. The van der Waals surface area contributed by atoms with E-state index in [2.05, 4.69) is 5.32 Å². The van der Waals surface area contributed by atoms with Gasteiger partial charge in [-0.05, 0) is 32.3 Å². The fraction of sp³-hybridized carbons (Fsp3) is 0.412. The van der Waals surface area contributed by atoms with Gasteiger partial charge in [0, 0.05) is 31.0 Å². The maximum atomic E-state index is 12.2. The van der Waals surface area contributed by atoms with E-state index in [9.17, 15) is 4.79 Å². The average Bonchev–Trinajstić information content (AvgIpc) is 2.50. The lowest BCUT2D eigenvalue weighted by molar-refractivity contribution is -0.108. The van der Waals surface area contributed by atoms with E-state index in [0.29, 0.717) is 11.6 Å². The van der Waals surface area contributed by atoms with Gasteiger partial charge in [-0.15, -0.1) is 0 Å². The van der Waals surface area contributed by atoms with Gasteiger partial charge in [0.1, 0.15) is 0 Å². The molecule has 112 valence electrons. The molecule has 0 atom stereocenters. The number of ketones is 1. The van der Waals surface area contributed by atoms with Crippen LogP contribution in [0.5, 0.6) is 0 Å². The van der Waals surface area contributed by atoms with E-state index in [-0.39, 0.29) is 11.5 Å². The molecule has 4 nitrogen and oxygen atoms in total. The van der Waals surface area contributed by atoms with Crippen molar-refractivity contribution >= 4 is 17.1 Å². The van der Waals surface area contributed by atoms with Gasteiger partial charge in [0.15, 0.2) is 0 Å². The molecule has 0 saturated carbocycles. The van der Waals surface area contributed by atoms with Crippen LogP contribution >= 0.6 is 0 Å². The molecule has 1 aliphatic heterocycles. The van der Waals surface area contributed by atoms with Crippen molar-refractivity contribution in [2.24, 2.45) is 0 Å². The Morgan fingerprint density at radius 1 is 1.29 bits per heavy atom. The van der Waals surface area contributed by atoms with Gasteiger partial charge in [-0.3, -0.25) is 4.79 Å². The third-order valence-electron chi connectivity index (χ3n) is 3.63. The summed E-state index contributed by atoms with van der Waals surface area (Å²) in [6.07, 6.45) is 3.64. The highest BCUT2D eigenvalue weighted by Crippen LogP contribution is 2.17. The Kier molecular flexibility index (Phi) is 5.28. The van der Waals surface area contributed by atoms with Crippen LogP contribution in [-0.2, 0) is 9.53 Å². The summed E-state index contributed by atoms with van der Waals surface area (Å²) in [4.78, 5) is 12.2. The number of allylic oxidation sites excluding steroid dienone is 1. The van der Waals surface area contributed by atoms with Crippen LogP contribution in [0, 0.1) is 12.3 Å². The first-order valence-electron chi connectivity index (χ1n) is 7.29. The van der Waals surface area contributed by atoms with Crippen LogP contribution in [0.2, 0.25) is 0 Å². The van der Waals surface area contributed by atoms with Crippen molar-refractivity contribution in [1.29, 1.82) is 5.41 Å². The van der Waals surface area contributed by atoms with Crippen LogP contribution in [0.1, 0.15) is 30.9 Å². The summed E-state index contributed by atoms with van der Waals surface area (Å²) >= 11 is 0. The topological polar surface area (TPSA) is 62.2 Å². The van der Waals surface area contributed by atoms with E-state index < -0.39 is 0 Å². The lowest BCUT2D eigenvalue weighted by atomic mass is 9.99. The SMILES string of the molecule is CC(=N)C(=O)/C(=C\NC1CCOCC1)c1ccc(C)cc1. The molecule has 1 saturated heterocycles. The van der Waals surface area contributed by atoms with Gasteiger partial charge in [0.2, 0.25) is 5.78 Å². The molecule has 1 aliphatic rings. The predicted octanol–water partition coefficient (Wildman–Crippen LogP) is 2.71. The molecule has 1 fully saturated rings. The van der Waals surface area contributed by atoms with Crippen LogP contribution in [0.4, 0.5) is 0 Å². The van der Waals surface area contributed by atoms with Crippen LogP contribution in [0.3, 0.4) is 0 Å². The van der Waals surface area contributed by atoms with Crippen LogP contribution in [0.15, 0.2) is 30.5 Å². The predicted molar refractivity (Wildman–Crippen MR) is 84.5 cm³/mol. The highest BCUT2D eigenvalue weighted by molar-refractivity contribution is 6.54. The van der Waals surface area contributed by atoms with Gasteiger partial charge in [0.25, 0.3) is 0 Å². The van der Waals surface area contributed by atoms with Crippen molar-refractivity contribution in [1.82, 2.24) is 5.32 Å². The number of Topliss-reactive ketones (excluding diaryl/α,β-unsaturated/α-hetero) is 1. The molecule has 0 aliphatic carbocycles. The molecule has 0 amide bonds. The standard InChI is InChI=1S/C17H22N2O2/c1-12-3-5-14(6-4-12)16(17(20)13(2)18)11-19-15-7-9-21-10-8-15/h3-6,11,15,18-19H,7-10H2,1-2H3/b16-11-,18-13?. The molecule has 1 heterocycles. The van der Waals surface area contributed by atoms with Crippen molar-refractivity contribution in [2.75, 3.05) is 13.2 Å². The van der Waals surface area contributed by atoms with E-state index in [1.54, 1.807) is 6.20 Å². The zero-order valence-electron chi connectivity index (χ0n) is 12.6. The Morgan fingerprint density at radius 2 is 1.90 bits per heavy atom. The van der Waals surface area contributed by atoms with Gasteiger partial charge in [0.05, 0.1) is 5.71 Å². The van der Waals surface area contributed by atoms with Gasteiger partial charge >= 0.3 is 0 Å². The minimum Gasteiger partial charge on any atom is -0.387 e. The molecule has 1 aromatic carbocycles. The van der Waals surface area contributed by atoms with Crippen LogP contribution in [0.25, 0.3) is 5.57 Å². The summed E-state index contributed by atoms with van der Waals surface area (Å²) in [5.41, 5.74) is 2.59. The van der Waals surface area contributed by atoms with Crippen LogP contribution < -0.4 is 5.32 Å². The second-order valence-electron chi connectivity index (χ2n) is 5.43. The summed E-state index contributed by atoms with van der Waals surface area (Å²) in [6.45, 7) is 5.04. The summed E-state index contributed by atoms with van der Waals surface area (Å²) in [5, 5.41) is 10.9. The van der Waals surface area contributed by atoms with Crippen molar-refractivity contribution in [3.8, 4) is 0 Å². The Balaban J connectivity index is 2.20. The number of rotatable bonds is 5. The molecule has 0 spiro atoms. The minimum atomic E-state index is -0.238. The minimum absolute atomic E-state index is 0.0515. The number of aryl methyl sites for hydroxylation is 1. The molecule has 0 unspecified atom stereocenters. The van der Waals surface area contributed by atoms with Crippen molar-refractivity contribution in [3.63, 3.8) is 0 Å². The summed E-state index contributed by atoms with van der Waals surface area (Å²) in [7, 11) is 0. The van der Waals surface area contributed by atoms with Gasteiger partial charge in [-0.1, -0.05) is 29.8 Å². The van der Waals surface area contributed by atoms with Gasteiger partial charge in [-0.2, -0.15) is 0 Å². The molecule has 1 aromatic rings. The Hall–Kier alpha value is -1.94. The third kappa shape index (κ3) is 4.26. The molecule has 0 radical (unpaired) electrons. The highest BCUT2D eigenvalue weighted by atomic mass is 16.5. The normalized spacial score (nSPS) is 16.6. The van der Waals surface area contributed by atoms with E-state index in [4.69, 9.17) is 10.1 Å². The summed E-state index contributed by atoms with van der Waals surface area (Å²) < 4.78 is 5.33. The lowest BCUT2D eigenvalue weighted by Crippen LogP contribution is -2.32. The Bertz CT molecular complexity index is 540. The van der Waals surface area contributed by atoms with Crippen molar-refractivity contribution in [3.05, 3.63) is 41.6 Å². The lowest BCUT2D eigenvalue weighted by Gasteiger charge is -2.22. The monoisotopic (exact) mass is 286 g/mol. The van der Waals surface area contributed by atoms with E-state index >= 15 is 0 Å². The number of nitrogens with one attached hydrogen (secondary N) is 2. The first kappa shape index (κ1) is 15.4. The summed E-state index contributed by atoms with van der Waals surface area (Å²) in [6, 6.07) is 8.13. The second-order valence-corrected chi connectivity index (χ2v) is 5.43. The largest absolute Gasteiger partial charge is 0.387 e. The number of hydrogen-bond donors (Lipinski definition) is 2. The zero-order valence-corrected chi connectivity index (χ0v) is 12.6. The molecule has 4 heteroatoms. The van der Waals surface area contributed by atoms with E-state index in [1.807, 2.05) is 31.2 Å². The van der Waals surface area contributed by atoms with E-state index in [0.717, 1.165) is 37.2 Å². The molecule has 0 bridgehead atoms. The third-order valence-corrected chi connectivity index (χ3v) is 3.63. The first-order chi connectivity index (χ1) is 10.1. The molecule has 0 aromatic heterocycles. The van der Waals surface area contributed by atoms with E-state index in [1.165, 1.54) is 6.92 Å². The second kappa shape index (κ2) is 7.18. The highest BCUT2D eigenvalue weighted by Gasteiger charge is 2.16. The number of benzene rings is 1. The number of ether oxygens (including phenoxy) is 1. The maximum absolute atomic E-state index is 12.2. The van der Waals surface area contributed by atoms with Gasteiger partial charge in [-0.25, -0.2) is 0 Å². The molecular formula is C17H22N2O2. The number of hydrogen-bond acceptors (Lipinski definition) is 4. The fourth-order valence-corrected chi connectivity index (χ4v) is 2.28. The Morgan fingerprint density at radius 3 is 2.48 bits per heavy atom. The molecule has 2 rings (SSSR count). The number of carbonyl (C=O) groups excluding carboxylic acids is 1. The smallest absolute Gasteiger partial charge is 0.208 e. The quantitative estimate of drug-likeness (QED) is 0.646.